The van der Waals surface area contributed by atoms with Crippen LogP contribution >= 0.6 is 0 Å². The molecule has 0 saturated heterocycles. The van der Waals surface area contributed by atoms with Crippen molar-refractivity contribution in [3.05, 3.63) is 71.8 Å². The second kappa shape index (κ2) is 5.58. The molecule has 2 aromatic carbocycles. The Morgan fingerprint density at radius 1 is 0.842 bits per heavy atom. The van der Waals surface area contributed by atoms with Gasteiger partial charge in [0.2, 0.25) is 0 Å². The molecular formula is C18H21N. The normalized spacial score (nSPS) is 16.5. The molecule has 1 aliphatic rings. The molecule has 0 spiro atoms. The molecule has 1 saturated carbocycles. The molecule has 1 aliphatic carbocycles. The van der Waals surface area contributed by atoms with Gasteiger partial charge in [0.1, 0.15) is 0 Å². The van der Waals surface area contributed by atoms with Gasteiger partial charge in [-0.2, -0.15) is 0 Å². The van der Waals surface area contributed by atoms with E-state index >= 15 is 0 Å². The van der Waals surface area contributed by atoms with Gasteiger partial charge in [-0.05, 0) is 36.9 Å². The second-order valence-electron chi connectivity index (χ2n) is 5.45. The van der Waals surface area contributed by atoms with E-state index in [0.717, 1.165) is 5.92 Å². The molecule has 2 aromatic rings. The van der Waals surface area contributed by atoms with Crippen LogP contribution in [0.15, 0.2) is 60.7 Å². The van der Waals surface area contributed by atoms with E-state index in [9.17, 15) is 0 Å². The van der Waals surface area contributed by atoms with Gasteiger partial charge in [0.05, 0.1) is 0 Å². The van der Waals surface area contributed by atoms with Crippen molar-refractivity contribution >= 4 is 0 Å². The molecule has 1 nitrogen and oxygen atoms in total. The van der Waals surface area contributed by atoms with Gasteiger partial charge in [0.15, 0.2) is 0 Å². The minimum atomic E-state index is 0.458. The molecule has 1 unspecified atom stereocenters. The smallest absolute Gasteiger partial charge is 0.0246 e. The van der Waals surface area contributed by atoms with Crippen LogP contribution in [0.1, 0.15) is 29.9 Å². The Balaban J connectivity index is 2.00. The molecule has 0 heterocycles. The molecule has 1 N–H and O–H groups in total. The number of likely N-dealkylation sites (N-methyl/N-ethyl adjacent to an activating group) is 1. The van der Waals surface area contributed by atoms with Gasteiger partial charge in [-0.3, -0.25) is 0 Å². The highest BCUT2D eigenvalue weighted by atomic mass is 14.9. The van der Waals surface area contributed by atoms with Crippen molar-refractivity contribution in [3.63, 3.8) is 0 Å². The molecule has 0 aliphatic heterocycles. The Labute approximate surface area is 115 Å². The number of hydrogen-bond acceptors (Lipinski definition) is 1. The number of rotatable bonds is 5. The SMILES string of the molecule is CNC(C1CC1)C(c1ccccc1)c1ccccc1. The molecule has 1 atom stereocenters. The summed E-state index contributed by atoms with van der Waals surface area (Å²) in [5.41, 5.74) is 2.83. The van der Waals surface area contributed by atoms with Gasteiger partial charge in [0.25, 0.3) is 0 Å². The lowest BCUT2D eigenvalue weighted by Gasteiger charge is -2.28. The topological polar surface area (TPSA) is 12.0 Å². The first kappa shape index (κ1) is 12.4. The summed E-state index contributed by atoms with van der Waals surface area (Å²) in [4.78, 5) is 0. The van der Waals surface area contributed by atoms with Gasteiger partial charge in [-0.15, -0.1) is 0 Å². The van der Waals surface area contributed by atoms with Crippen LogP contribution in [0.3, 0.4) is 0 Å². The van der Waals surface area contributed by atoms with Crippen LogP contribution in [0, 0.1) is 5.92 Å². The van der Waals surface area contributed by atoms with Gasteiger partial charge < -0.3 is 5.32 Å². The van der Waals surface area contributed by atoms with Crippen LogP contribution in [0.4, 0.5) is 0 Å². The molecule has 19 heavy (non-hydrogen) atoms. The zero-order chi connectivity index (χ0) is 13.1. The minimum absolute atomic E-state index is 0.458. The summed E-state index contributed by atoms with van der Waals surface area (Å²) in [6.07, 6.45) is 2.73. The van der Waals surface area contributed by atoms with Crippen LogP contribution in [0.2, 0.25) is 0 Å². The van der Waals surface area contributed by atoms with E-state index in [4.69, 9.17) is 0 Å². The fourth-order valence-corrected chi connectivity index (χ4v) is 3.06. The lowest BCUT2D eigenvalue weighted by atomic mass is 9.83. The van der Waals surface area contributed by atoms with Gasteiger partial charge >= 0.3 is 0 Å². The van der Waals surface area contributed by atoms with E-state index in [0.29, 0.717) is 12.0 Å². The first-order chi connectivity index (χ1) is 9.40. The third-order valence-electron chi connectivity index (χ3n) is 4.14. The Bertz CT molecular complexity index is 462. The van der Waals surface area contributed by atoms with E-state index in [2.05, 4.69) is 73.0 Å². The van der Waals surface area contributed by atoms with Gasteiger partial charge in [-0.1, -0.05) is 60.7 Å². The predicted molar refractivity (Wildman–Crippen MR) is 80.3 cm³/mol. The van der Waals surface area contributed by atoms with Crippen LogP contribution in [-0.2, 0) is 0 Å². The molecule has 98 valence electrons. The third kappa shape index (κ3) is 2.71. The maximum absolute atomic E-state index is 3.56. The summed E-state index contributed by atoms with van der Waals surface area (Å²) in [5, 5.41) is 3.56. The zero-order valence-electron chi connectivity index (χ0n) is 11.4. The Morgan fingerprint density at radius 2 is 1.32 bits per heavy atom. The summed E-state index contributed by atoms with van der Waals surface area (Å²) >= 11 is 0. The van der Waals surface area contributed by atoms with Crippen molar-refractivity contribution < 1.29 is 0 Å². The Kier molecular flexibility index (Phi) is 3.65. The van der Waals surface area contributed by atoms with Crippen molar-refractivity contribution in [2.24, 2.45) is 5.92 Å². The summed E-state index contributed by atoms with van der Waals surface area (Å²) in [6, 6.07) is 22.3. The van der Waals surface area contributed by atoms with E-state index in [1.807, 2.05) is 0 Å². The number of hydrogen-bond donors (Lipinski definition) is 1. The van der Waals surface area contributed by atoms with Crippen molar-refractivity contribution in [2.75, 3.05) is 7.05 Å². The second-order valence-corrected chi connectivity index (χ2v) is 5.45. The average molecular weight is 251 g/mol. The van der Waals surface area contributed by atoms with E-state index < -0.39 is 0 Å². The molecule has 0 radical (unpaired) electrons. The summed E-state index contributed by atoms with van der Waals surface area (Å²) in [6.45, 7) is 0. The summed E-state index contributed by atoms with van der Waals surface area (Å²) in [7, 11) is 2.10. The molecule has 0 amide bonds. The highest BCUT2D eigenvalue weighted by Gasteiger charge is 2.36. The summed E-state index contributed by atoms with van der Waals surface area (Å²) < 4.78 is 0. The Hall–Kier alpha value is -1.60. The van der Waals surface area contributed by atoms with Crippen LogP contribution < -0.4 is 5.32 Å². The average Bonchev–Trinajstić information content (AvgIpc) is 3.31. The van der Waals surface area contributed by atoms with Crippen LogP contribution in [0.5, 0.6) is 0 Å². The fourth-order valence-electron chi connectivity index (χ4n) is 3.06. The van der Waals surface area contributed by atoms with E-state index in [1.165, 1.54) is 24.0 Å². The number of nitrogens with one attached hydrogen (secondary N) is 1. The highest BCUT2D eigenvalue weighted by molar-refractivity contribution is 5.35. The fraction of sp³-hybridized carbons (Fsp3) is 0.333. The minimum Gasteiger partial charge on any atom is -0.316 e. The number of benzene rings is 2. The van der Waals surface area contributed by atoms with Gasteiger partial charge in [-0.25, -0.2) is 0 Å². The van der Waals surface area contributed by atoms with Crippen LogP contribution in [0.25, 0.3) is 0 Å². The maximum Gasteiger partial charge on any atom is 0.0246 e. The largest absolute Gasteiger partial charge is 0.316 e. The van der Waals surface area contributed by atoms with Crippen molar-refractivity contribution in [1.29, 1.82) is 0 Å². The Morgan fingerprint density at radius 3 is 1.68 bits per heavy atom. The van der Waals surface area contributed by atoms with Crippen molar-refractivity contribution in [3.8, 4) is 0 Å². The summed E-state index contributed by atoms with van der Waals surface area (Å²) in [5.74, 6) is 1.29. The molecular weight excluding hydrogens is 230 g/mol. The molecule has 1 fully saturated rings. The lowest BCUT2D eigenvalue weighted by molar-refractivity contribution is 0.454. The highest BCUT2D eigenvalue weighted by Crippen LogP contribution is 2.41. The monoisotopic (exact) mass is 251 g/mol. The van der Waals surface area contributed by atoms with E-state index in [1.54, 1.807) is 0 Å². The molecule has 3 rings (SSSR count). The van der Waals surface area contributed by atoms with Crippen LogP contribution in [-0.4, -0.2) is 13.1 Å². The van der Waals surface area contributed by atoms with Crippen molar-refractivity contribution in [2.45, 2.75) is 24.8 Å². The standard InChI is InChI=1S/C18H21N/c1-19-18(16-12-13-16)17(14-8-4-2-5-9-14)15-10-6-3-7-11-15/h2-11,16-19H,12-13H2,1H3. The molecule has 0 bridgehead atoms. The third-order valence-corrected chi connectivity index (χ3v) is 4.14. The first-order valence-corrected chi connectivity index (χ1v) is 7.17. The van der Waals surface area contributed by atoms with Crippen molar-refractivity contribution in [1.82, 2.24) is 5.32 Å². The van der Waals surface area contributed by atoms with E-state index in [-0.39, 0.29) is 0 Å². The zero-order valence-corrected chi connectivity index (χ0v) is 11.4. The quantitative estimate of drug-likeness (QED) is 0.852. The maximum atomic E-state index is 3.56. The first-order valence-electron chi connectivity index (χ1n) is 7.17. The predicted octanol–water partition coefficient (Wildman–Crippen LogP) is 3.82. The van der Waals surface area contributed by atoms with Gasteiger partial charge in [0, 0.05) is 12.0 Å². The lowest BCUT2D eigenvalue weighted by Crippen LogP contribution is -2.34. The molecule has 0 aromatic heterocycles. The molecule has 1 heteroatoms.